The lowest BCUT2D eigenvalue weighted by molar-refractivity contribution is -0.120. The Hall–Kier alpha value is -1.64. The fraction of sp³-hybridized carbons (Fsp3) is 0.611. The van der Waals surface area contributed by atoms with Gasteiger partial charge in [-0.25, -0.2) is 4.98 Å². The van der Waals surface area contributed by atoms with E-state index in [1.807, 2.05) is 13.8 Å². The summed E-state index contributed by atoms with van der Waals surface area (Å²) >= 11 is 7.65. The molecule has 2 aromatic heterocycles. The summed E-state index contributed by atoms with van der Waals surface area (Å²) in [7, 11) is 0. The molecule has 1 atom stereocenters. The first-order valence-electron chi connectivity index (χ1n) is 9.06. The van der Waals surface area contributed by atoms with Crippen LogP contribution in [0.4, 0.5) is 0 Å². The van der Waals surface area contributed by atoms with Crippen molar-refractivity contribution in [2.75, 3.05) is 19.8 Å². The molecule has 2 heterocycles. The summed E-state index contributed by atoms with van der Waals surface area (Å²) in [5.41, 5.74) is 0.714. The van der Waals surface area contributed by atoms with Gasteiger partial charge in [0, 0.05) is 13.0 Å². The Morgan fingerprint density at radius 3 is 2.89 bits per heavy atom. The second-order valence-electron chi connectivity index (χ2n) is 6.72. The maximum absolute atomic E-state index is 11.0. The molecule has 0 bridgehead atoms. The standard InChI is InChI=1S/C18H24ClN3O4S/c1-4-24-18-21-15-7-14(19)16(22-17(15)27-18)26-9-12-5-13(6-12)25-8-10(2)20-11(3)23/h7,10,12-13H,4-6,8-9H2,1-3H3,(H,20,23)/t10-,12-,13-/m0/s1. The van der Waals surface area contributed by atoms with E-state index in [-0.39, 0.29) is 18.1 Å². The van der Waals surface area contributed by atoms with Crippen LogP contribution in [0.1, 0.15) is 33.6 Å². The smallest absolute Gasteiger partial charge is 0.275 e. The Morgan fingerprint density at radius 2 is 2.19 bits per heavy atom. The summed E-state index contributed by atoms with van der Waals surface area (Å²) in [5, 5.41) is 3.84. The SMILES string of the molecule is CCOc1nc2cc(Cl)c(OC[C@H]3C[C@H](OC[C@H](C)NC(C)=O)C3)nc2s1. The zero-order valence-corrected chi connectivity index (χ0v) is 17.2. The number of pyridine rings is 1. The van der Waals surface area contributed by atoms with E-state index >= 15 is 0 Å². The lowest BCUT2D eigenvalue weighted by Crippen LogP contribution is -2.40. The minimum Gasteiger partial charge on any atom is -0.476 e. The summed E-state index contributed by atoms with van der Waals surface area (Å²) in [6.07, 6.45) is 2.08. The van der Waals surface area contributed by atoms with Gasteiger partial charge in [0.2, 0.25) is 11.8 Å². The van der Waals surface area contributed by atoms with Crippen molar-refractivity contribution in [3.63, 3.8) is 0 Å². The molecule has 0 saturated heterocycles. The zero-order valence-electron chi connectivity index (χ0n) is 15.7. The molecule has 148 valence electrons. The summed E-state index contributed by atoms with van der Waals surface area (Å²) < 4.78 is 17.0. The van der Waals surface area contributed by atoms with Gasteiger partial charge in [-0.1, -0.05) is 22.9 Å². The molecule has 0 aromatic carbocycles. The van der Waals surface area contributed by atoms with Crippen molar-refractivity contribution in [3.8, 4) is 11.1 Å². The molecule has 7 nitrogen and oxygen atoms in total. The molecular weight excluding hydrogens is 390 g/mol. The highest BCUT2D eigenvalue weighted by molar-refractivity contribution is 7.19. The fourth-order valence-corrected chi connectivity index (χ4v) is 3.93. The number of nitrogens with zero attached hydrogens (tertiary/aromatic N) is 2. The number of hydrogen-bond donors (Lipinski definition) is 1. The summed E-state index contributed by atoms with van der Waals surface area (Å²) in [4.78, 5) is 20.5. The van der Waals surface area contributed by atoms with Crippen molar-refractivity contribution in [1.29, 1.82) is 0 Å². The number of hydrogen-bond acceptors (Lipinski definition) is 7. The molecule has 1 saturated carbocycles. The highest BCUT2D eigenvalue weighted by Crippen LogP contribution is 2.35. The van der Waals surface area contributed by atoms with Gasteiger partial charge >= 0.3 is 0 Å². The number of carbonyl (C=O) groups excluding carboxylic acids is 1. The van der Waals surface area contributed by atoms with Crippen LogP contribution in [0.2, 0.25) is 5.02 Å². The number of thiazole rings is 1. The quantitative estimate of drug-likeness (QED) is 0.678. The molecule has 0 unspecified atom stereocenters. The van der Waals surface area contributed by atoms with E-state index in [0.29, 0.717) is 47.4 Å². The predicted molar refractivity (Wildman–Crippen MR) is 105 cm³/mol. The Morgan fingerprint density at radius 1 is 1.41 bits per heavy atom. The molecule has 1 amide bonds. The first-order chi connectivity index (χ1) is 12.9. The number of fused-ring (bicyclic) bond motifs is 1. The van der Waals surface area contributed by atoms with E-state index in [9.17, 15) is 4.79 Å². The molecule has 1 aliphatic carbocycles. The highest BCUT2D eigenvalue weighted by Gasteiger charge is 2.31. The van der Waals surface area contributed by atoms with Gasteiger partial charge in [-0.15, -0.1) is 0 Å². The second kappa shape index (κ2) is 9.03. The Balaban J connectivity index is 1.44. The molecule has 1 N–H and O–H groups in total. The van der Waals surface area contributed by atoms with Gasteiger partial charge in [-0.2, -0.15) is 4.98 Å². The number of halogens is 1. The summed E-state index contributed by atoms with van der Waals surface area (Å²) in [6, 6.07) is 1.78. The first-order valence-corrected chi connectivity index (χ1v) is 10.3. The van der Waals surface area contributed by atoms with Gasteiger partial charge < -0.3 is 19.5 Å². The summed E-state index contributed by atoms with van der Waals surface area (Å²) in [6.45, 7) is 6.99. The van der Waals surface area contributed by atoms with Crippen LogP contribution >= 0.6 is 22.9 Å². The van der Waals surface area contributed by atoms with Gasteiger partial charge in [-0.3, -0.25) is 4.79 Å². The van der Waals surface area contributed by atoms with Gasteiger partial charge in [0.1, 0.15) is 10.5 Å². The zero-order chi connectivity index (χ0) is 19.4. The lowest BCUT2D eigenvalue weighted by atomic mass is 9.83. The molecule has 0 spiro atoms. The Kier molecular flexibility index (Phi) is 6.73. The predicted octanol–water partition coefficient (Wildman–Crippen LogP) is 3.44. The van der Waals surface area contributed by atoms with Crippen LogP contribution in [-0.2, 0) is 9.53 Å². The Bertz CT molecular complexity index is 794. The van der Waals surface area contributed by atoms with Crippen molar-refractivity contribution >= 4 is 39.2 Å². The van der Waals surface area contributed by atoms with Crippen molar-refractivity contribution in [1.82, 2.24) is 15.3 Å². The van der Waals surface area contributed by atoms with E-state index in [2.05, 4.69) is 15.3 Å². The molecule has 0 aliphatic heterocycles. The van der Waals surface area contributed by atoms with Crippen LogP contribution in [0.15, 0.2) is 6.07 Å². The molecule has 27 heavy (non-hydrogen) atoms. The molecule has 9 heteroatoms. The van der Waals surface area contributed by atoms with Gasteiger partial charge in [0.25, 0.3) is 5.19 Å². The van der Waals surface area contributed by atoms with Gasteiger partial charge in [-0.05, 0) is 38.7 Å². The third-order valence-corrected chi connectivity index (χ3v) is 5.38. The van der Waals surface area contributed by atoms with Crippen LogP contribution in [0.25, 0.3) is 10.3 Å². The monoisotopic (exact) mass is 413 g/mol. The Labute approximate surface area is 167 Å². The van der Waals surface area contributed by atoms with Crippen LogP contribution in [0.5, 0.6) is 11.1 Å². The van der Waals surface area contributed by atoms with Crippen LogP contribution in [-0.4, -0.2) is 47.8 Å². The number of nitrogens with one attached hydrogen (secondary N) is 1. The number of rotatable bonds is 9. The lowest BCUT2D eigenvalue weighted by Gasteiger charge is -2.35. The van der Waals surface area contributed by atoms with Gasteiger partial charge in [0.15, 0.2) is 4.83 Å². The maximum Gasteiger partial charge on any atom is 0.275 e. The van der Waals surface area contributed by atoms with Crippen molar-refractivity contribution in [3.05, 3.63) is 11.1 Å². The van der Waals surface area contributed by atoms with Crippen molar-refractivity contribution < 1.29 is 19.0 Å². The van der Waals surface area contributed by atoms with E-state index in [1.54, 1.807) is 6.07 Å². The minimum atomic E-state index is -0.0401. The maximum atomic E-state index is 11.0. The third-order valence-electron chi connectivity index (χ3n) is 4.23. The molecule has 0 radical (unpaired) electrons. The van der Waals surface area contributed by atoms with Crippen molar-refractivity contribution in [2.45, 2.75) is 45.8 Å². The van der Waals surface area contributed by atoms with Crippen LogP contribution in [0.3, 0.4) is 0 Å². The highest BCUT2D eigenvalue weighted by atomic mass is 35.5. The summed E-state index contributed by atoms with van der Waals surface area (Å²) in [5.74, 6) is 0.807. The molecule has 3 rings (SSSR count). The fourth-order valence-electron chi connectivity index (χ4n) is 2.90. The molecular formula is C18H24ClN3O4S. The van der Waals surface area contributed by atoms with E-state index in [1.165, 1.54) is 18.3 Å². The third kappa shape index (κ3) is 5.43. The van der Waals surface area contributed by atoms with Gasteiger partial charge in [0.05, 0.1) is 25.9 Å². The largest absolute Gasteiger partial charge is 0.476 e. The van der Waals surface area contributed by atoms with Crippen LogP contribution in [0, 0.1) is 5.92 Å². The van der Waals surface area contributed by atoms with E-state index in [0.717, 1.165) is 17.7 Å². The number of amides is 1. The molecule has 1 fully saturated rings. The topological polar surface area (TPSA) is 82.6 Å². The number of aromatic nitrogens is 2. The second-order valence-corrected chi connectivity index (χ2v) is 8.07. The van der Waals surface area contributed by atoms with E-state index < -0.39 is 0 Å². The minimum absolute atomic E-state index is 0.0218. The number of ether oxygens (including phenoxy) is 3. The average Bonchev–Trinajstić information content (AvgIpc) is 2.93. The molecule has 1 aliphatic rings. The van der Waals surface area contributed by atoms with E-state index in [4.69, 9.17) is 25.8 Å². The number of carbonyl (C=O) groups is 1. The average molecular weight is 414 g/mol. The molecule has 2 aromatic rings. The van der Waals surface area contributed by atoms with Crippen LogP contribution < -0.4 is 14.8 Å². The normalized spacial score (nSPS) is 20.1. The first kappa shape index (κ1) is 20.1. The van der Waals surface area contributed by atoms with Crippen molar-refractivity contribution in [2.24, 2.45) is 5.92 Å².